The van der Waals surface area contributed by atoms with E-state index in [1.165, 1.54) is 48.5 Å². The molecule has 0 spiro atoms. The van der Waals surface area contributed by atoms with Gasteiger partial charge in [-0.1, -0.05) is 17.3 Å². The van der Waals surface area contributed by atoms with Gasteiger partial charge in [-0.25, -0.2) is 22.4 Å². The molecule has 1 unspecified atom stereocenters. The molecule has 35 heavy (non-hydrogen) atoms. The number of benzene rings is 3. The molecule has 0 bridgehead atoms. The SMILES string of the molecule is CC1=C(c2nc(-c3ccc(F)cc3)no2)C(c2ccc(F)cc2)NC(=O)N1c1cc(F)cc(F)c1. The number of allylic oxidation sites excluding steroid dienone is 1. The van der Waals surface area contributed by atoms with Crippen molar-refractivity contribution in [3.05, 3.63) is 107 Å². The predicted molar refractivity (Wildman–Crippen MR) is 119 cm³/mol. The Morgan fingerprint density at radius 2 is 1.46 bits per heavy atom. The van der Waals surface area contributed by atoms with Gasteiger partial charge in [0.1, 0.15) is 23.3 Å². The van der Waals surface area contributed by atoms with Crippen molar-refractivity contribution in [3.63, 3.8) is 0 Å². The zero-order valence-electron chi connectivity index (χ0n) is 18.1. The van der Waals surface area contributed by atoms with Gasteiger partial charge < -0.3 is 9.84 Å². The number of hydrogen-bond acceptors (Lipinski definition) is 4. The van der Waals surface area contributed by atoms with E-state index in [9.17, 15) is 22.4 Å². The highest BCUT2D eigenvalue weighted by Crippen LogP contribution is 2.39. The van der Waals surface area contributed by atoms with Gasteiger partial charge in [0.15, 0.2) is 0 Å². The summed E-state index contributed by atoms with van der Waals surface area (Å²) >= 11 is 0. The molecule has 1 aliphatic heterocycles. The average molecular weight is 480 g/mol. The molecule has 6 nitrogen and oxygen atoms in total. The lowest BCUT2D eigenvalue weighted by molar-refractivity contribution is 0.244. The molecule has 0 fully saturated rings. The molecule has 10 heteroatoms. The van der Waals surface area contributed by atoms with Crippen molar-refractivity contribution < 1.29 is 26.9 Å². The van der Waals surface area contributed by atoms with E-state index in [-0.39, 0.29) is 23.1 Å². The van der Waals surface area contributed by atoms with Crippen LogP contribution in [-0.4, -0.2) is 16.2 Å². The second-order valence-electron chi connectivity index (χ2n) is 7.83. The van der Waals surface area contributed by atoms with Crippen LogP contribution in [0, 0.1) is 23.3 Å². The van der Waals surface area contributed by atoms with Gasteiger partial charge in [-0.05, 0) is 61.0 Å². The number of nitrogens with zero attached hydrogens (tertiary/aromatic N) is 3. The van der Waals surface area contributed by atoms with Crippen molar-refractivity contribution in [1.29, 1.82) is 0 Å². The summed E-state index contributed by atoms with van der Waals surface area (Å²) in [5.41, 5.74) is 1.55. The Balaban J connectivity index is 1.66. The van der Waals surface area contributed by atoms with Gasteiger partial charge in [-0.3, -0.25) is 4.90 Å². The zero-order chi connectivity index (χ0) is 24.7. The van der Waals surface area contributed by atoms with Crippen molar-refractivity contribution in [2.45, 2.75) is 13.0 Å². The second kappa shape index (κ2) is 8.71. The fourth-order valence-electron chi connectivity index (χ4n) is 3.95. The van der Waals surface area contributed by atoms with Gasteiger partial charge in [-0.2, -0.15) is 4.98 Å². The first kappa shape index (κ1) is 22.3. The molecule has 1 N–H and O–H groups in total. The molecular formula is C25H16F4N4O2. The molecule has 0 saturated carbocycles. The van der Waals surface area contributed by atoms with E-state index in [0.717, 1.165) is 17.0 Å². The lowest BCUT2D eigenvalue weighted by Crippen LogP contribution is -2.46. The van der Waals surface area contributed by atoms with E-state index < -0.39 is 35.3 Å². The largest absolute Gasteiger partial charge is 0.334 e. The van der Waals surface area contributed by atoms with Crippen molar-refractivity contribution in [2.24, 2.45) is 0 Å². The Morgan fingerprint density at radius 1 is 0.857 bits per heavy atom. The number of aromatic nitrogens is 2. The van der Waals surface area contributed by atoms with Crippen molar-refractivity contribution >= 4 is 17.3 Å². The lowest BCUT2D eigenvalue weighted by atomic mass is 9.94. The molecule has 2 amide bonds. The minimum atomic E-state index is -0.862. The number of anilines is 1. The van der Waals surface area contributed by atoms with Crippen LogP contribution < -0.4 is 10.2 Å². The lowest BCUT2D eigenvalue weighted by Gasteiger charge is -2.35. The van der Waals surface area contributed by atoms with Crippen LogP contribution in [0.4, 0.5) is 28.0 Å². The summed E-state index contributed by atoms with van der Waals surface area (Å²) in [6.45, 7) is 1.56. The highest BCUT2D eigenvalue weighted by Gasteiger charge is 2.36. The number of halogens is 4. The minimum absolute atomic E-state index is 0.0121. The van der Waals surface area contributed by atoms with Gasteiger partial charge >= 0.3 is 6.03 Å². The molecular weight excluding hydrogens is 464 g/mol. The van der Waals surface area contributed by atoms with E-state index >= 15 is 0 Å². The van der Waals surface area contributed by atoms with Gasteiger partial charge in [0.2, 0.25) is 5.82 Å². The van der Waals surface area contributed by atoms with Crippen LogP contribution in [0.1, 0.15) is 24.4 Å². The first-order valence-electron chi connectivity index (χ1n) is 10.4. The van der Waals surface area contributed by atoms with E-state index in [1.807, 2.05) is 0 Å². The molecule has 0 radical (unpaired) electrons. The normalized spacial score (nSPS) is 16.0. The van der Waals surface area contributed by atoms with Crippen LogP contribution in [0.25, 0.3) is 17.0 Å². The highest BCUT2D eigenvalue weighted by molar-refractivity contribution is 6.01. The van der Waals surface area contributed by atoms with Crippen LogP contribution in [-0.2, 0) is 0 Å². The summed E-state index contributed by atoms with van der Waals surface area (Å²) in [7, 11) is 0. The van der Waals surface area contributed by atoms with Gasteiger partial charge in [0.25, 0.3) is 5.89 Å². The predicted octanol–water partition coefficient (Wildman–Crippen LogP) is 6.00. The Labute approximate surface area is 196 Å². The van der Waals surface area contributed by atoms with Crippen molar-refractivity contribution in [1.82, 2.24) is 15.5 Å². The number of amides is 2. The number of nitrogens with one attached hydrogen (secondary N) is 1. The Bertz CT molecular complexity index is 1430. The Kier molecular flexibility index (Phi) is 5.56. The molecule has 176 valence electrons. The van der Waals surface area contributed by atoms with Gasteiger partial charge in [0.05, 0.1) is 17.3 Å². The summed E-state index contributed by atoms with van der Waals surface area (Å²) in [4.78, 5) is 18.6. The third-order valence-electron chi connectivity index (χ3n) is 5.55. The second-order valence-corrected chi connectivity index (χ2v) is 7.83. The third kappa shape index (κ3) is 4.25. The van der Waals surface area contributed by atoms with Crippen LogP contribution in [0.2, 0.25) is 0 Å². The molecule has 3 aromatic carbocycles. The Morgan fingerprint density at radius 3 is 2.09 bits per heavy atom. The molecule has 1 atom stereocenters. The highest BCUT2D eigenvalue weighted by atomic mass is 19.1. The quantitative estimate of drug-likeness (QED) is 0.364. The van der Waals surface area contributed by atoms with Crippen molar-refractivity contribution in [3.8, 4) is 11.4 Å². The first-order chi connectivity index (χ1) is 16.8. The fourth-order valence-corrected chi connectivity index (χ4v) is 3.95. The van der Waals surface area contributed by atoms with E-state index in [1.54, 1.807) is 6.92 Å². The first-order valence-corrected chi connectivity index (χ1v) is 10.4. The van der Waals surface area contributed by atoms with Crippen LogP contribution in [0.3, 0.4) is 0 Å². The molecule has 1 aromatic heterocycles. The Hall–Kier alpha value is -4.47. The number of urea groups is 1. The summed E-state index contributed by atoms with van der Waals surface area (Å²) in [5.74, 6) is -2.44. The van der Waals surface area contributed by atoms with E-state index in [0.29, 0.717) is 22.8 Å². The minimum Gasteiger partial charge on any atom is -0.334 e. The molecule has 1 aliphatic rings. The van der Waals surface area contributed by atoms with Crippen LogP contribution in [0.15, 0.2) is 77.0 Å². The number of carbonyl (C=O) groups excluding carboxylic acids is 1. The molecule has 4 aromatic rings. The third-order valence-corrected chi connectivity index (χ3v) is 5.55. The van der Waals surface area contributed by atoms with Crippen molar-refractivity contribution in [2.75, 3.05) is 4.90 Å². The van der Waals surface area contributed by atoms with E-state index in [4.69, 9.17) is 4.52 Å². The summed E-state index contributed by atoms with van der Waals surface area (Å²) in [6.07, 6.45) is 0. The monoisotopic (exact) mass is 480 g/mol. The molecule has 2 heterocycles. The fraction of sp³-hybridized carbons (Fsp3) is 0.0800. The summed E-state index contributed by atoms with van der Waals surface area (Å²) in [5, 5.41) is 6.72. The smallest absolute Gasteiger partial charge is 0.327 e. The topological polar surface area (TPSA) is 71.3 Å². The maximum atomic E-state index is 13.9. The average Bonchev–Trinajstić information content (AvgIpc) is 3.29. The maximum absolute atomic E-state index is 13.9. The maximum Gasteiger partial charge on any atom is 0.327 e. The van der Waals surface area contributed by atoms with Gasteiger partial charge in [0, 0.05) is 17.3 Å². The van der Waals surface area contributed by atoms with Crippen LogP contribution in [0.5, 0.6) is 0 Å². The summed E-state index contributed by atoms with van der Waals surface area (Å²) < 4.78 is 60.2. The number of hydrogen-bond donors (Lipinski definition) is 1. The summed E-state index contributed by atoms with van der Waals surface area (Å²) in [6, 6.07) is 12.1. The zero-order valence-corrected chi connectivity index (χ0v) is 18.1. The van der Waals surface area contributed by atoms with E-state index in [2.05, 4.69) is 15.5 Å². The standard InChI is InChI=1S/C25H16F4N4O2/c1-13-21(24-31-23(32-35-24)15-4-8-17(27)9-5-15)22(14-2-6-16(26)7-3-14)30-25(34)33(13)20-11-18(28)10-19(29)12-20/h2-12,22H,1H3,(H,30,34). The van der Waals surface area contributed by atoms with Crippen LogP contribution >= 0.6 is 0 Å². The molecule has 0 saturated heterocycles. The molecule has 5 rings (SSSR count). The number of carbonyl (C=O) groups is 1. The molecule has 0 aliphatic carbocycles. The van der Waals surface area contributed by atoms with Gasteiger partial charge in [-0.15, -0.1) is 0 Å². The number of rotatable bonds is 4.